The number of aromatic nitrogens is 2. The van der Waals surface area contributed by atoms with Gasteiger partial charge >= 0.3 is 11.9 Å². The Bertz CT molecular complexity index is 5430. The quantitative estimate of drug-likeness (QED) is 0.0191. The molecule has 150 heavy (non-hydrogen) atoms. The maximum absolute atomic E-state index is 16.4. The Kier molecular flexibility index (Phi) is 48.1. The highest BCUT2D eigenvalue weighted by atomic mass is 32.2. The van der Waals surface area contributed by atoms with E-state index in [0.29, 0.717) is 89.9 Å². The molecule has 3 aromatic carbocycles. The van der Waals surface area contributed by atoms with Crippen molar-refractivity contribution in [2.75, 3.05) is 72.0 Å². The molecule has 4 aliphatic heterocycles. The number of aliphatic carboxylic acids is 2. The summed E-state index contributed by atoms with van der Waals surface area (Å²) >= 11 is 0.971. The first kappa shape index (κ1) is 121. The molecule has 828 valence electrons. The molecule has 6 heterocycles. The van der Waals surface area contributed by atoms with Crippen molar-refractivity contribution >= 4 is 128 Å². The topological polar surface area (TPSA) is 619 Å². The lowest BCUT2D eigenvalue weighted by Gasteiger charge is -2.42. The molecule has 22 N–H and O–H groups in total. The van der Waals surface area contributed by atoms with Crippen LogP contribution in [0.25, 0.3) is 21.8 Å². The van der Waals surface area contributed by atoms with E-state index in [4.69, 9.17) is 27.0 Å². The van der Waals surface area contributed by atoms with Gasteiger partial charge in [0.2, 0.25) is 82.7 Å². The third kappa shape index (κ3) is 34.4. The lowest BCUT2D eigenvalue weighted by Crippen LogP contribution is -2.63. The lowest BCUT2D eigenvalue weighted by atomic mass is 9.90. The molecule has 42 nitrogen and oxygen atoms in total. The van der Waals surface area contributed by atoms with Gasteiger partial charge in [0.1, 0.15) is 91.0 Å². The second-order valence-corrected chi connectivity index (χ2v) is 42.2. The lowest BCUT2D eigenvalue weighted by molar-refractivity contribution is -0.161. The number of para-hydroxylation sites is 2. The van der Waals surface area contributed by atoms with E-state index >= 15 is 38.4 Å². The van der Waals surface area contributed by atoms with Crippen LogP contribution in [0.3, 0.4) is 0 Å². The Morgan fingerprint density at radius 1 is 0.580 bits per heavy atom. The molecule has 3 saturated heterocycles. The summed E-state index contributed by atoms with van der Waals surface area (Å²) in [6.45, 7) is 12.6. The summed E-state index contributed by atoms with van der Waals surface area (Å²) in [6, 6.07) is 1.16. The number of nitrogens with one attached hydrogen (secondary N) is 11. The monoisotopic (exact) mass is 2110 g/mol. The largest absolute Gasteiger partial charge is 0.508 e. The number of H-pyrrole nitrogens is 1. The summed E-state index contributed by atoms with van der Waals surface area (Å²) in [5.74, 6) is -16.2. The molecule has 1 spiro atoms. The highest BCUT2D eigenvalue weighted by molar-refractivity contribution is 8.00. The molecular weight excluding hydrogens is 1950 g/mol. The summed E-state index contributed by atoms with van der Waals surface area (Å²) in [5.41, 5.74) is 19.5. The molecule has 2 unspecified atom stereocenters. The number of nitrogens with two attached hydrogens (primary N) is 3. The fourth-order valence-electron chi connectivity index (χ4n) is 20.1. The summed E-state index contributed by atoms with van der Waals surface area (Å²) in [5, 5.41) is 84.5. The number of hydrogen-bond donors (Lipinski definition) is 19. The molecule has 3 fully saturated rings. The third-order valence-electron chi connectivity index (χ3n) is 28.6. The number of phenols is 1. The smallest absolute Gasteiger partial charge is 0.323 e. The summed E-state index contributed by atoms with van der Waals surface area (Å²) in [6.07, 6.45) is 12.1. The number of carboxylic acids is 2. The summed E-state index contributed by atoms with van der Waals surface area (Å²) < 4.78 is 8.34. The number of nitrogens with zero attached hydrogens (tertiary/aromatic N) is 6. The SMILES string of the molecule is CCCC[C@H]1C(=O)N(C)[C@@H](CCCC)C(=O)N[C@@H](CC(C)C)C(=O)N[C@H](C(O)NCCCCCCCCCCCCC(=O)O)CSCC(=O)N[C@@H](Cc2ccc(O)cc2)C(=O)N(C)[C@@H](C)C(=O)N[C@@H](CC(N)=O)C(=O)N2CCC[C@@H]2C(=O)N[C@@H](CN)C(=O)N[C@@H](CC(C)C)C(=O)N2C[C@@H](O)CC23OCCCC=C3N[C@@H](Cc2c[nH]c3ccccc23)C(=O)N[C@@H](CCN)C(=O)N[C@@H]([C@H](C)c2cn(CC(=O)O)c3ccccc23)C(=O)N1C. The number of carbonyl (C=O) groups excluding carboxylic acids is 14. The summed E-state index contributed by atoms with van der Waals surface area (Å²) in [7, 11) is 4.11. The number of aromatic hydroxyl groups is 1. The second kappa shape index (κ2) is 59.5. The molecule has 5 aromatic rings. The number of allylic oxidation sites excluding steroid dienone is 1. The van der Waals surface area contributed by atoms with Gasteiger partial charge in [0, 0.05) is 106 Å². The standard InChI is InChI=1S/C107H162N20O22S/c1-12-14-36-85-100(142)116-77(51-64(3)4)97(139)120-83(95(137)111-48-30-23-21-19-17-16-18-20-22-24-41-91(132)133)62-150-63-90(131)114-80(53-68-42-44-70(128)45-43-68)102(144)122(9)67(8)94(136)117-81(55-89(110)130)103(145)126-49-32-39-86(126)101(143)119-82(57-109)99(141)118-79(52-65(5)6)104(146)127-59-71(129)56-107(127)88(40-29-31-50-149-107)113-78(54-69-58-112-75-35-27-25-33-72(69)75)98(140)115-76(46-47-108)96(138)121-93(106(148)124(11)87(37-15-13-2)105(147)123(85)10)66(7)74-60-125(61-92(134)135)84-38-28-26-34-73(74)84/h25-28,33-35,38,40,42-45,58,60,64-67,71,76-83,85-87,93,95,111-113,128-129,137H,12-24,29-32,36-37,39,41,46-57,59,61-63,108-109H2,1-11H3,(H2,110,130)(H,114,131)(H,115,140)(H,116,142)(H,117,136)(H,118,141)(H,119,143)(H,120,139)(H,121,138)(H,132,133)(H,134,135)/t66-,67+,71+,76+,77+,78+,79+,80+,81+,82+,83+,85+,86-,87+,93+,95?,107?/m1/s1. The average molecular weight is 2110 g/mol. The minimum atomic E-state index is -1.91. The Balaban J connectivity index is 1.12. The van der Waals surface area contributed by atoms with Crippen molar-refractivity contribution in [3.05, 3.63) is 114 Å². The van der Waals surface area contributed by atoms with Crippen molar-refractivity contribution in [1.82, 2.24) is 87.2 Å². The van der Waals surface area contributed by atoms with Crippen LogP contribution >= 0.6 is 11.8 Å². The Hall–Kier alpha value is -12.3. The number of thioether (sulfide) groups is 1. The van der Waals surface area contributed by atoms with Gasteiger partial charge in [0.25, 0.3) is 0 Å². The first-order valence-electron chi connectivity index (χ1n) is 53.2. The van der Waals surface area contributed by atoms with Crippen LogP contribution in [0.1, 0.15) is 245 Å². The molecule has 0 bridgehead atoms. The number of ether oxygens (including phenoxy) is 1. The number of fused-ring (bicyclic) bond motifs is 3. The number of aromatic amines is 1. The van der Waals surface area contributed by atoms with Crippen molar-refractivity contribution < 1.29 is 107 Å². The van der Waals surface area contributed by atoms with Crippen molar-refractivity contribution in [3.63, 3.8) is 0 Å². The van der Waals surface area contributed by atoms with Crippen LogP contribution in [0.2, 0.25) is 0 Å². The zero-order valence-corrected chi connectivity index (χ0v) is 89.5. The van der Waals surface area contributed by atoms with Gasteiger partial charge in [-0.25, -0.2) is 0 Å². The second-order valence-electron chi connectivity index (χ2n) is 41.1. The maximum atomic E-state index is 16.4. The van der Waals surface area contributed by atoms with Gasteiger partial charge in [-0.1, -0.05) is 180 Å². The number of primary amides is 1. The van der Waals surface area contributed by atoms with Crippen LogP contribution in [0, 0.1) is 11.8 Å². The van der Waals surface area contributed by atoms with E-state index in [1.807, 2.05) is 52.0 Å². The number of phenolic OH excluding ortho intramolecular Hbond substituents is 1. The Labute approximate surface area is 882 Å². The van der Waals surface area contributed by atoms with Crippen molar-refractivity contribution in [3.8, 4) is 5.75 Å². The molecule has 2 aromatic heterocycles. The van der Waals surface area contributed by atoms with Crippen LogP contribution in [0.5, 0.6) is 5.75 Å². The van der Waals surface area contributed by atoms with Crippen LogP contribution in [-0.4, -0.2) is 323 Å². The van der Waals surface area contributed by atoms with Crippen molar-refractivity contribution in [2.45, 2.75) is 344 Å². The third-order valence-corrected chi connectivity index (χ3v) is 29.6. The minimum absolute atomic E-state index is 0.00673. The first-order valence-corrected chi connectivity index (χ1v) is 54.4. The first-order chi connectivity index (χ1) is 71.5. The highest BCUT2D eigenvalue weighted by Crippen LogP contribution is 2.41. The number of likely N-dealkylation sites (N-methyl/N-ethyl adjacent to an activating group) is 3. The van der Waals surface area contributed by atoms with Gasteiger partial charge < -0.3 is 129 Å². The predicted octanol–water partition coefficient (Wildman–Crippen LogP) is 4.50. The van der Waals surface area contributed by atoms with E-state index in [0.717, 1.165) is 72.9 Å². The molecule has 0 saturated carbocycles. The number of amides is 14. The highest BCUT2D eigenvalue weighted by Gasteiger charge is 2.55. The molecule has 4 aliphatic rings. The van der Waals surface area contributed by atoms with Gasteiger partial charge in [-0.05, 0) is 143 Å². The zero-order valence-electron chi connectivity index (χ0n) is 88.7. The fraction of sp³-hybridized carbons (Fsp3) is 0.626. The predicted molar refractivity (Wildman–Crippen MR) is 567 cm³/mol. The van der Waals surface area contributed by atoms with Gasteiger partial charge in [-0.2, -0.15) is 0 Å². The molecule has 43 heteroatoms. The van der Waals surface area contributed by atoms with Gasteiger partial charge in [0.05, 0.1) is 43.2 Å². The molecule has 0 radical (unpaired) electrons. The van der Waals surface area contributed by atoms with Crippen LogP contribution in [-0.2, 0) is 101 Å². The van der Waals surface area contributed by atoms with E-state index in [1.165, 1.54) is 71.6 Å². The van der Waals surface area contributed by atoms with E-state index in [-0.39, 0.29) is 132 Å². The van der Waals surface area contributed by atoms with E-state index in [2.05, 4.69) is 58.2 Å². The molecule has 9 rings (SSSR count). The normalized spacial score (nSPS) is 25.0. The number of carboxylic acid groups (broad SMARTS) is 2. The number of rotatable bonds is 38. The van der Waals surface area contributed by atoms with Gasteiger partial charge in [-0.15, -0.1) is 11.8 Å². The zero-order chi connectivity index (χ0) is 110. The Morgan fingerprint density at radius 3 is 1.82 bits per heavy atom. The minimum Gasteiger partial charge on any atom is -0.508 e. The summed E-state index contributed by atoms with van der Waals surface area (Å²) in [4.78, 5) is 246. The van der Waals surface area contributed by atoms with E-state index in [9.17, 15) is 58.8 Å². The number of carbonyl (C=O) groups is 16. The molecule has 17 atom stereocenters. The van der Waals surface area contributed by atoms with Gasteiger partial charge in [0.15, 0.2) is 5.72 Å². The van der Waals surface area contributed by atoms with Crippen molar-refractivity contribution in [2.24, 2.45) is 29.0 Å². The van der Waals surface area contributed by atoms with E-state index < -0.39 is 222 Å². The van der Waals surface area contributed by atoms with E-state index in [1.54, 1.807) is 63.5 Å². The number of aliphatic hydroxyl groups is 2. The molecule has 14 amide bonds. The fourth-order valence-corrected chi connectivity index (χ4v) is 21.0. The number of hydrogen-bond acceptors (Lipinski definition) is 25. The Morgan fingerprint density at radius 2 is 1.17 bits per heavy atom. The molecule has 0 aliphatic carbocycles. The van der Waals surface area contributed by atoms with Crippen LogP contribution in [0.4, 0.5) is 0 Å². The maximum Gasteiger partial charge on any atom is 0.323 e. The molecular formula is C107H162N20O22S. The average Bonchev–Trinajstić information content (AvgIpc) is 1.59. The van der Waals surface area contributed by atoms with Crippen LogP contribution in [0.15, 0.2) is 97.0 Å². The number of benzene rings is 3. The van der Waals surface area contributed by atoms with Crippen molar-refractivity contribution in [1.29, 1.82) is 0 Å². The van der Waals surface area contributed by atoms with Gasteiger partial charge in [-0.3, -0.25) is 82.0 Å². The van der Waals surface area contributed by atoms with Crippen LogP contribution < -0.4 is 70.4 Å². The number of aliphatic hydroxyl groups excluding tert-OH is 2. The number of unbranched alkanes of at least 4 members (excludes halogenated alkanes) is 11.